The summed E-state index contributed by atoms with van der Waals surface area (Å²) >= 11 is 0. The van der Waals surface area contributed by atoms with E-state index in [4.69, 9.17) is 13.8 Å². The number of allylic oxidation sites excluding steroid dienone is 17. The second-order valence-corrected chi connectivity index (χ2v) is 24.0. The first-order valence-corrected chi connectivity index (χ1v) is 33.7. The molecule has 0 heterocycles. The molecule has 0 spiro atoms. The highest BCUT2D eigenvalue weighted by molar-refractivity contribution is 7.47. The van der Waals surface area contributed by atoms with Crippen LogP contribution in [0.4, 0.5) is 0 Å². The topological polar surface area (TPSA) is 111 Å². The molecule has 0 aromatic heterocycles. The molecule has 2 N–H and O–H groups in total. The van der Waals surface area contributed by atoms with Crippen LogP contribution in [0.25, 0.3) is 0 Å². The zero-order chi connectivity index (χ0) is 57.9. The molecule has 9 nitrogen and oxygen atoms in total. The van der Waals surface area contributed by atoms with E-state index in [1.54, 1.807) is 0 Å². The molecule has 454 valence electrons. The predicted octanol–water partition coefficient (Wildman–Crippen LogP) is 20.1. The number of likely N-dealkylation sites (N-methyl/N-ethyl adjacent to an activating group) is 1. The highest BCUT2D eigenvalue weighted by Gasteiger charge is 2.30. The fourth-order valence-corrected chi connectivity index (χ4v) is 9.47. The average molecular weight is 1120 g/mol. The zero-order valence-corrected chi connectivity index (χ0v) is 52.7. The molecule has 0 aliphatic carbocycles. The number of carbonyl (C=O) groups excluding carboxylic acids is 2. The van der Waals surface area contributed by atoms with Gasteiger partial charge in [0.2, 0.25) is 5.91 Å². The van der Waals surface area contributed by atoms with Crippen molar-refractivity contribution in [2.45, 2.75) is 277 Å². The van der Waals surface area contributed by atoms with Gasteiger partial charge in [0.1, 0.15) is 19.3 Å². The summed E-state index contributed by atoms with van der Waals surface area (Å²) in [6, 6.07) is -0.867. The van der Waals surface area contributed by atoms with Crippen LogP contribution in [0.5, 0.6) is 0 Å². The Labute approximate surface area is 487 Å². The normalized spacial score (nSPS) is 14.4. The molecule has 1 amide bonds. The van der Waals surface area contributed by atoms with E-state index >= 15 is 0 Å². The van der Waals surface area contributed by atoms with Crippen molar-refractivity contribution in [2.24, 2.45) is 0 Å². The van der Waals surface area contributed by atoms with E-state index in [1.165, 1.54) is 89.9 Å². The quantitative estimate of drug-likeness (QED) is 0.0205. The number of hydrogen-bond acceptors (Lipinski definition) is 6. The summed E-state index contributed by atoms with van der Waals surface area (Å²) in [4.78, 5) is 37.7. The number of carbonyl (C=O) groups is 2. The minimum absolute atomic E-state index is 0.0303. The molecule has 10 heteroatoms. The summed E-state index contributed by atoms with van der Waals surface area (Å²) in [6.45, 7) is 6.85. The standard InChI is InChI=1S/C69H121N2O7P/c1-7-10-13-16-19-22-25-27-29-31-32-33-34-35-36-37-38-40-41-43-46-49-52-55-58-61-68(72)70-66(65-77-79(74,75)76-64-63-71(4,5)6)67(60-57-54-51-48-45-24-21-18-15-12-9-3)78-69(73)62-59-56-53-50-47-44-42-39-30-28-26-23-20-17-14-11-8-2/h10,13,19-20,22-23,27-30,32-33,35-36,38,40,57,60,66-67H,7-9,11-12,14-18,21,24-26,31,34,37,39,41-56,58-59,61-65H2,1-6H3,(H-,70,72,74,75)/p+1/b13-10-,22-19-,23-20-,29-27-,30-28-,33-32-,36-35-,40-38-,60-57-. The van der Waals surface area contributed by atoms with Gasteiger partial charge < -0.3 is 19.4 Å². The van der Waals surface area contributed by atoms with Crippen molar-refractivity contribution >= 4 is 19.7 Å². The number of unbranched alkanes of at least 4 members (excludes halogenated alkanes) is 25. The Balaban J connectivity index is 5.19. The molecule has 79 heavy (non-hydrogen) atoms. The highest BCUT2D eigenvalue weighted by Crippen LogP contribution is 2.43. The Bertz CT molecular complexity index is 1720. The fourth-order valence-electron chi connectivity index (χ4n) is 8.74. The predicted molar refractivity (Wildman–Crippen MR) is 341 cm³/mol. The fraction of sp³-hybridized carbons (Fsp3) is 0.710. The van der Waals surface area contributed by atoms with Crippen LogP contribution in [0.15, 0.2) is 109 Å². The smallest absolute Gasteiger partial charge is 0.456 e. The second kappa shape index (κ2) is 57.9. The van der Waals surface area contributed by atoms with Crippen LogP contribution in [0, 0.1) is 0 Å². The maximum atomic E-state index is 13.6. The van der Waals surface area contributed by atoms with E-state index in [2.05, 4.69) is 123 Å². The maximum Gasteiger partial charge on any atom is 0.472 e. The molecule has 0 aromatic carbocycles. The van der Waals surface area contributed by atoms with Gasteiger partial charge >= 0.3 is 13.8 Å². The van der Waals surface area contributed by atoms with Crippen molar-refractivity contribution in [3.8, 4) is 0 Å². The Morgan fingerprint density at radius 1 is 0.456 bits per heavy atom. The maximum absolute atomic E-state index is 13.6. The Kier molecular flexibility index (Phi) is 55.4. The SMILES string of the molecule is CC/C=C\C/C=C\C/C=C\C/C=C\C/C=C\C/C=C\CCCCCCCCC(=O)NC(COP(=O)(O)OCC[N+](C)(C)C)C(/C=C\CCCCCCCCCCC)OC(=O)CCCCCCCCC/C=C\C/C=C\CCCCC. The lowest BCUT2D eigenvalue weighted by molar-refractivity contribution is -0.870. The summed E-state index contributed by atoms with van der Waals surface area (Å²) in [5.74, 6) is -0.536. The minimum Gasteiger partial charge on any atom is -0.456 e. The third kappa shape index (κ3) is 59.1. The Hall–Kier alpha value is -3.33. The van der Waals surface area contributed by atoms with Crippen molar-refractivity contribution in [3.63, 3.8) is 0 Å². The molecule has 0 aliphatic rings. The van der Waals surface area contributed by atoms with Gasteiger partial charge in [0.15, 0.2) is 0 Å². The van der Waals surface area contributed by atoms with E-state index in [0.717, 1.165) is 141 Å². The number of phosphoric acid groups is 1. The highest BCUT2D eigenvalue weighted by atomic mass is 31.2. The van der Waals surface area contributed by atoms with Gasteiger partial charge in [0.05, 0.1) is 33.8 Å². The van der Waals surface area contributed by atoms with Crippen LogP contribution in [0.1, 0.15) is 265 Å². The molecule has 0 fully saturated rings. The third-order valence-electron chi connectivity index (χ3n) is 13.7. The molecule has 3 atom stereocenters. The van der Waals surface area contributed by atoms with Crippen molar-refractivity contribution < 1.29 is 37.3 Å². The van der Waals surface area contributed by atoms with Gasteiger partial charge in [-0.25, -0.2) is 4.57 Å². The van der Waals surface area contributed by atoms with Gasteiger partial charge in [-0.1, -0.05) is 246 Å². The average Bonchev–Trinajstić information content (AvgIpc) is 3.41. The summed E-state index contributed by atoms with van der Waals surface area (Å²) in [6.07, 6.45) is 79.4. The zero-order valence-electron chi connectivity index (χ0n) is 51.8. The largest absolute Gasteiger partial charge is 0.472 e. The van der Waals surface area contributed by atoms with E-state index in [0.29, 0.717) is 17.4 Å². The van der Waals surface area contributed by atoms with Crippen molar-refractivity contribution in [1.29, 1.82) is 0 Å². The molecule has 0 aromatic rings. The third-order valence-corrected chi connectivity index (χ3v) is 14.7. The summed E-state index contributed by atoms with van der Waals surface area (Å²) in [7, 11) is 1.47. The molecule has 0 rings (SSSR count). The molecule has 0 saturated heterocycles. The lowest BCUT2D eigenvalue weighted by atomic mass is 10.1. The number of quaternary nitrogens is 1. The summed E-state index contributed by atoms with van der Waals surface area (Å²) in [5, 5.41) is 3.05. The van der Waals surface area contributed by atoms with Crippen LogP contribution in [-0.4, -0.2) is 74.3 Å². The van der Waals surface area contributed by atoms with Crippen molar-refractivity contribution in [1.82, 2.24) is 5.32 Å². The van der Waals surface area contributed by atoms with Crippen LogP contribution in [-0.2, 0) is 27.9 Å². The molecule has 0 aliphatic heterocycles. The van der Waals surface area contributed by atoms with E-state index in [1.807, 2.05) is 33.3 Å². The summed E-state index contributed by atoms with van der Waals surface area (Å²) in [5.41, 5.74) is 0. The minimum atomic E-state index is -4.46. The number of rotatable bonds is 57. The Morgan fingerprint density at radius 3 is 1.24 bits per heavy atom. The van der Waals surface area contributed by atoms with E-state index < -0.39 is 20.0 Å². The molecular weight excluding hydrogens is 1000 g/mol. The second-order valence-electron chi connectivity index (χ2n) is 22.5. The lowest BCUT2D eigenvalue weighted by Crippen LogP contribution is -2.47. The summed E-state index contributed by atoms with van der Waals surface area (Å²) < 4.78 is 30.7. The first-order valence-electron chi connectivity index (χ1n) is 32.2. The van der Waals surface area contributed by atoms with E-state index in [9.17, 15) is 19.0 Å². The van der Waals surface area contributed by atoms with Crippen LogP contribution in [0.2, 0.25) is 0 Å². The van der Waals surface area contributed by atoms with Crippen molar-refractivity contribution in [3.05, 3.63) is 109 Å². The van der Waals surface area contributed by atoms with Gasteiger partial charge in [0.25, 0.3) is 0 Å². The van der Waals surface area contributed by atoms with Crippen molar-refractivity contribution in [2.75, 3.05) is 40.9 Å². The van der Waals surface area contributed by atoms with Crippen LogP contribution < -0.4 is 5.32 Å². The van der Waals surface area contributed by atoms with Gasteiger partial charge in [-0.3, -0.25) is 18.6 Å². The monoisotopic (exact) mass is 1120 g/mol. The lowest BCUT2D eigenvalue weighted by Gasteiger charge is -2.27. The first-order chi connectivity index (χ1) is 38.4. The van der Waals surface area contributed by atoms with Gasteiger partial charge in [-0.15, -0.1) is 0 Å². The molecule has 3 unspecified atom stereocenters. The van der Waals surface area contributed by atoms with Crippen LogP contribution in [0.3, 0.4) is 0 Å². The molecule has 0 saturated carbocycles. The van der Waals surface area contributed by atoms with E-state index in [-0.39, 0.29) is 31.5 Å². The van der Waals surface area contributed by atoms with Gasteiger partial charge in [-0.2, -0.15) is 0 Å². The number of nitrogens with zero attached hydrogens (tertiary/aromatic N) is 1. The molecule has 0 radical (unpaired) electrons. The molecule has 0 bridgehead atoms. The van der Waals surface area contributed by atoms with Crippen LogP contribution >= 0.6 is 7.82 Å². The number of phosphoric ester groups is 1. The number of hydrogen-bond donors (Lipinski definition) is 2. The Morgan fingerprint density at radius 2 is 0.810 bits per heavy atom. The number of esters is 1. The number of nitrogens with one attached hydrogen (secondary N) is 1. The number of ether oxygens (including phenoxy) is 1. The number of amides is 1. The molecular formula is C69H122N2O7P+. The first kappa shape index (κ1) is 75.7. The van der Waals surface area contributed by atoms with Gasteiger partial charge in [-0.05, 0) is 115 Å². The van der Waals surface area contributed by atoms with Gasteiger partial charge in [0, 0.05) is 12.8 Å².